The maximum absolute atomic E-state index is 5.47. The average Bonchev–Trinajstić information content (AvgIpc) is 2.45. The highest BCUT2D eigenvalue weighted by Gasteiger charge is 2.23. The highest BCUT2D eigenvalue weighted by atomic mass is 16.5. The monoisotopic (exact) mass is 270 g/mol. The van der Waals surface area contributed by atoms with Crippen LogP contribution in [0.15, 0.2) is 0 Å². The Morgan fingerprint density at radius 1 is 1.05 bits per heavy atom. The molecule has 0 aromatic rings. The van der Waals surface area contributed by atoms with Crippen molar-refractivity contribution in [1.82, 2.24) is 10.2 Å². The summed E-state index contributed by atoms with van der Waals surface area (Å²) < 4.78 is 10.9. The Kier molecular flexibility index (Phi) is 6.57. The van der Waals surface area contributed by atoms with Gasteiger partial charge in [-0.05, 0) is 25.2 Å². The van der Waals surface area contributed by atoms with E-state index in [1.165, 1.54) is 6.42 Å². The third-order valence-corrected chi connectivity index (χ3v) is 4.17. The number of hydrogen-bond donors (Lipinski definition) is 1. The molecule has 2 saturated heterocycles. The van der Waals surface area contributed by atoms with Crippen molar-refractivity contribution in [3.63, 3.8) is 0 Å². The van der Waals surface area contributed by atoms with Crippen molar-refractivity contribution in [3.8, 4) is 0 Å². The summed E-state index contributed by atoms with van der Waals surface area (Å²) in [4.78, 5) is 2.61. The molecule has 0 amide bonds. The number of morpholine rings is 1. The minimum Gasteiger partial charge on any atom is -0.381 e. The standard InChI is InChI=1S/C15H30N2O2/c1-13(2)11-15(17-5-9-19-10-6-17)12-16-14-3-7-18-8-4-14/h13-16H,3-12H2,1-2H3. The fourth-order valence-electron chi connectivity index (χ4n) is 3.05. The van der Waals surface area contributed by atoms with Crippen LogP contribution in [0.3, 0.4) is 0 Å². The van der Waals surface area contributed by atoms with E-state index in [9.17, 15) is 0 Å². The zero-order valence-corrected chi connectivity index (χ0v) is 12.6. The minimum absolute atomic E-state index is 0.657. The van der Waals surface area contributed by atoms with Crippen molar-refractivity contribution in [2.75, 3.05) is 46.1 Å². The van der Waals surface area contributed by atoms with E-state index in [1.54, 1.807) is 0 Å². The molecular formula is C15H30N2O2. The lowest BCUT2D eigenvalue weighted by molar-refractivity contribution is 0.0101. The third-order valence-electron chi connectivity index (χ3n) is 4.17. The summed E-state index contributed by atoms with van der Waals surface area (Å²) in [6.45, 7) is 11.6. The van der Waals surface area contributed by atoms with Gasteiger partial charge in [-0.15, -0.1) is 0 Å². The molecule has 1 atom stereocenters. The lowest BCUT2D eigenvalue weighted by Gasteiger charge is -2.37. The van der Waals surface area contributed by atoms with Gasteiger partial charge in [0.1, 0.15) is 0 Å². The second kappa shape index (κ2) is 8.20. The van der Waals surface area contributed by atoms with E-state index < -0.39 is 0 Å². The molecule has 1 N–H and O–H groups in total. The van der Waals surface area contributed by atoms with Crippen molar-refractivity contribution < 1.29 is 9.47 Å². The summed E-state index contributed by atoms with van der Waals surface area (Å²) in [5, 5.41) is 3.76. The van der Waals surface area contributed by atoms with Gasteiger partial charge in [0, 0.05) is 44.9 Å². The molecule has 0 saturated carbocycles. The van der Waals surface area contributed by atoms with E-state index >= 15 is 0 Å². The van der Waals surface area contributed by atoms with E-state index in [1.807, 2.05) is 0 Å². The normalized spacial score (nSPS) is 24.8. The Balaban J connectivity index is 1.78. The summed E-state index contributed by atoms with van der Waals surface area (Å²) in [6.07, 6.45) is 3.60. The van der Waals surface area contributed by atoms with Gasteiger partial charge in [-0.3, -0.25) is 4.90 Å². The Hall–Kier alpha value is -0.160. The van der Waals surface area contributed by atoms with Gasteiger partial charge in [-0.1, -0.05) is 13.8 Å². The van der Waals surface area contributed by atoms with Crippen LogP contribution in [0, 0.1) is 5.92 Å². The second-order valence-corrected chi connectivity index (χ2v) is 6.23. The Bertz CT molecular complexity index is 236. The molecule has 2 fully saturated rings. The average molecular weight is 270 g/mol. The number of nitrogens with one attached hydrogen (secondary N) is 1. The van der Waals surface area contributed by atoms with E-state index in [-0.39, 0.29) is 0 Å². The third kappa shape index (κ3) is 5.38. The molecular weight excluding hydrogens is 240 g/mol. The van der Waals surface area contributed by atoms with Gasteiger partial charge in [-0.2, -0.15) is 0 Å². The number of rotatable bonds is 6. The van der Waals surface area contributed by atoms with Crippen molar-refractivity contribution in [1.29, 1.82) is 0 Å². The molecule has 2 aliphatic heterocycles. The van der Waals surface area contributed by atoms with Crippen LogP contribution in [0.1, 0.15) is 33.1 Å². The van der Waals surface area contributed by atoms with Crippen LogP contribution in [0.4, 0.5) is 0 Å². The first kappa shape index (κ1) is 15.2. The van der Waals surface area contributed by atoms with Crippen molar-refractivity contribution in [2.45, 2.75) is 45.2 Å². The first-order valence-corrected chi connectivity index (χ1v) is 7.88. The molecule has 4 nitrogen and oxygen atoms in total. The van der Waals surface area contributed by atoms with Crippen LogP contribution < -0.4 is 5.32 Å². The van der Waals surface area contributed by atoms with Gasteiger partial charge in [0.2, 0.25) is 0 Å². The Morgan fingerprint density at radius 3 is 2.32 bits per heavy atom. The van der Waals surface area contributed by atoms with Gasteiger partial charge in [0.25, 0.3) is 0 Å². The van der Waals surface area contributed by atoms with Crippen molar-refractivity contribution in [3.05, 3.63) is 0 Å². The van der Waals surface area contributed by atoms with Crippen LogP contribution in [-0.4, -0.2) is 63.0 Å². The van der Waals surface area contributed by atoms with Crippen LogP contribution in [0.5, 0.6) is 0 Å². The van der Waals surface area contributed by atoms with Gasteiger partial charge >= 0.3 is 0 Å². The van der Waals surface area contributed by atoms with E-state index in [2.05, 4.69) is 24.1 Å². The minimum atomic E-state index is 0.657. The van der Waals surface area contributed by atoms with E-state index in [0.717, 1.165) is 64.8 Å². The van der Waals surface area contributed by atoms with Gasteiger partial charge in [0.15, 0.2) is 0 Å². The number of ether oxygens (including phenoxy) is 2. The Labute approximate surface area is 117 Å². The molecule has 4 heteroatoms. The topological polar surface area (TPSA) is 33.7 Å². The van der Waals surface area contributed by atoms with Gasteiger partial charge < -0.3 is 14.8 Å². The molecule has 0 bridgehead atoms. The maximum atomic E-state index is 5.47. The summed E-state index contributed by atoms with van der Waals surface area (Å²) in [5.41, 5.74) is 0. The summed E-state index contributed by atoms with van der Waals surface area (Å²) in [7, 11) is 0. The largest absolute Gasteiger partial charge is 0.381 e. The van der Waals surface area contributed by atoms with Crippen LogP contribution >= 0.6 is 0 Å². The SMILES string of the molecule is CC(C)CC(CNC1CCOCC1)N1CCOCC1. The first-order chi connectivity index (χ1) is 9.25. The fourth-order valence-corrected chi connectivity index (χ4v) is 3.05. The van der Waals surface area contributed by atoms with Crippen LogP contribution in [0.25, 0.3) is 0 Å². The van der Waals surface area contributed by atoms with Gasteiger partial charge in [0.05, 0.1) is 13.2 Å². The molecule has 2 aliphatic rings. The molecule has 0 aromatic heterocycles. The second-order valence-electron chi connectivity index (χ2n) is 6.23. The molecule has 0 aliphatic carbocycles. The van der Waals surface area contributed by atoms with Crippen LogP contribution in [0.2, 0.25) is 0 Å². The first-order valence-electron chi connectivity index (χ1n) is 7.88. The molecule has 0 spiro atoms. The lowest BCUT2D eigenvalue weighted by atomic mass is 10.0. The zero-order chi connectivity index (χ0) is 13.5. The molecule has 112 valence electrons. The zero-order valence-electron chi connectivity index (χ0n) is 12.6. The van der Waals surface area contributed by atoms with E-state index in [0.29, 0.717) is 12.1 Å². The smallest absolute Gasteiger partial charge is 0.0594 e. The molecule has 0 aromatic carbocycles. The van der Waals surface area contributed by atoms with Crippen molar-refractivity contribution in [2.24, 2.45) is 5.92 Å². The molecule has 2 heterocycles. The predicted octanol–water partition coefficient (Wildman–Crippen LogP) is 1.50. The predicted molar refractivity (Wildman–Crippen MR) is 77.5 cm³/mol. The molecule has 0 radical (unpaired) electrons. The lowest BCUT2D eigenvalue weighted by Crippen LogP contribution is -2.50. The van der Waals surface area contributed by atoms with Crippen LogP contribution in [-0.2, 0) is 9.47 Å². The highest BCUT2D eigenvalue weighted by molar-refractivity contribution is 4.80. The van der Waals surface area contributed by atoms with Crippen molar-refractivity contribution >= 4 is 0 Å². The molecule has 2 rings (SSSR count). The summed E-state index contributed by atoms with van der Waals surface area (Å²) in [6, 6.07) is 1.32. The number of hydrogen-bond acceptors (Lipinski definition) is 4. The summed E-state index contributed by atoms with van der Waals surface area (Å²) >= 11 is 0. The summed E-state index contributed by atoms with van der Waals surface area (Å²) in [5.74, 6) is 0.754. The quantitative estimate of drug-likeness (QED) is 0.793. The molecule has 1 unspecified atom stereocenters. The van der Waals surface area contributed by atoms with E-state index in [4.69, 9.17) is 9.47 Å². The fraction of sp³-hybridized carbons (Fsp3) is 1.00. The Morgan fingerprint density at radius 2 is 1.68 bits per heavy atom. The maximum Gasteiger partial charge on any atom is 0.0594 e. The molecule has 19 heavy (non-hydrogen) atoms. The van der Waals surface area contributed by atoms with Gasteiger partial charge in [-0.25, -0.2) is 0 Å². The number of nitrogens with zero attached hydrogens (tertiary/aromatic N) is 1. The highest BCUT2D eigenvalue weighted by Crippen LogP contribution is 2.14.